The summed E-state index contributed by atoms with van der Waals surface area (Å²) in [5, 5.41) is 0.0499. The SMILES string of the molecule is CSc1oc(-c2ccc(F)cc2)nc1S(=O)(=O)c1ccc(Br)cc1. The molecule has 0 unspecified atom stereocenters. The molecule has 4 nitrogen and oxygen atoms in total. The van der Waals surface area contributed by atoms with Gasteiger partial charge in [0.15, 0.2) is 0 Å². The third-order valence-corrected chi connectivity index (χ3v) is 6.21. The van der Waals surface area contributed by atoms with E-state index in [-0.39, 0.29) is 20.9 Å². The Morgan fingerprint density at radius 1 is 1.08 bits per heavy atom. The average molecular weight is 428 g/mol. The Hall–Kier alpha value is -1.64. The number of hydrogen-bond donors (Lipinski definition) is 0. The Labute approximate surface area is 151 Å². The van der Waals surface area contributed by atoms with Crippen molar-refractivity contribution in [2.45, 2.75) is 15.0 Å². The molecule has 0 aliphatic heterocycles. The number of hydrogen-bond acceptors (Lipinski definition) is 5. The highest BCUT2D eigenvalue weighted by molar-refractivity contribution is 9.10. The van der Waals surface area contributed by atoms with Gasteiger partial charge in [-0.05, 0) is 54.8 Å². The summed E-state index contributed by atoms with van der Waals surface area (Å²) in [5.41, 5.74) is 0.504. The number of thioether (sulfide) groups is 1. The first-order chi connectivity index (χ1) is 11.4. The second-order valence-corrected chi connectivity index (χ2v) is 8.34. The van der Waals surface area contributed by atoms with Gasteiger partial charge in [-0.15, -0.1) is 0 Å². The summed E-state index contributed by atoms with van der Waals surface area (Å²) in [6.45, 7) is 0. The third-order valence-electron chi connectivity index (χ3n) is 3.22. The van der Waals surface area contributed by atoms with Gasteiger partial charge in [-0.3, -0.25) is 0 Å². The molecular weight excluding hydrogens is 417 g/mol. The number of nitrogens with zero attached hydrogens (tertiary/aromatic N) is 1. The molecule has 0 saturated heterocycles. The quantitative estimate of drug-likeness (QED) is 0.559. The van der Waals surface area contributed by atoms with Crippen molar-refractivity contribution < 1.29 is 17.2 Å². The zero-order chi connectivity index (χ0) is 17.3. The highest BCUT2D eigenvalue weighted by Crippen LogP contribution is 2.34. The molecule has 0 spiro atoms. The molecule has 2 aromatic carbocycles. The van der Waals surface area contributed by atoms with E-state index in [0.717, 1.165) is 16.2 Å². The standard InChI is InChI=1S/C16H11BrFNO3S2/c1-23-16-15(24(20,21)13-8-4-11(17)5-9-13)19-14(22-16)10-2-6-12(18)7-3-10/h2-9H,1H3. The Balaban J connectivity index is 2.10. The van der Waals surface area contributed by atoms with Crippen LogP contribution in [-0.2, 0) is 9.84 Å². The van der Waals surface area contributed by atoms with Gasteiger partial charge >= 0.3 is 0 Å². The smallest absolute Gasteiger partial charge is 0.228 e. The van der Waals surface area contributed by atoms with Crippen LogP contribution in [0.5, 0.6) is 0 Å². The van der Waals surface area contributed by atoms with Gasteiger partial charge < -0.3 is 4.42 Å². The summed E-state index contributed by atoms with van der Waals surface area (Å²) in [6, 6.07) is 11.8. The Kier molecular flexibility index (Phi) is 4.80. The van der Waals surface area contributed by atoms with E-state index in [1.165, 1.54) is 36.4 Å². The van der Waals surface area contributed by atoms with Crippen molar-refractivity contribution in [1.82, 2.24) is 4.98 Å². The van der Waals surface area contributed by atoms with Crippen molar-refractivity contribution in [3.8, 4) is 11.5 Å². The third kappa shape index (κ3) is 3.26. The van der Waals surface area contributed by atoms with Crippen molar-refractivity contribution in [3.05, 3.63) is 58.8 Å². The number of halogens is 2. The van der Waals surface area contributed by atoms with Crippen molar-refractivity contribution in [3.63, 3.8) is 0 Å². The van der Waals surface area contributed by atoms with Gasteiger partial charge in [-0.2, -0.15) is 4.98 Å². The van der Waals surface area contributed by atoms with Crippen molar-refractivity contribution in [2.24, 2.45) is 0 Å². The van der Waals surface area contributed by atoms with Crippen LogP contribution in [0.25, 0.3) is 11.5 Å². The molecule has 1 heterocycles. The van der Waals surface area contributed by atoms with Gasteiger partial charge in [-0.25, -0.2) is 12.8 Å². The number of oxazole rings is 1. The lowest BCUT2D eigenvalue weighted by Gasteiger charge is -2.02. The lowest BCUT2D eigenvalue weighted by atomic mass is 10.2. The molecule has 124 valence electrons. The molecule has 0 radical (unpaired) electrons. The van der Waals surface area contributed by atoms with Gasteiger partial charge in [0.05, 0.1) is 4.90 Å². The summed E-state index contributed by atoms with van der Waals surface area (Å²) < 4.78 is 45.0. The molecule has 0 fully saturated rings. The van der Waals surface area contributed by atoms with Crippen LogP contribution in [0, 0.1) is 5.82 Å². The van der Waals surface area contributed by atoms with Crippen LogP contribution < -0.4 is 0 Å². The zero-order valence-corrected chi connectivity index (χ0v) is 15.6. The van der Waals surface area contributed by atoms with E-state index in [1.54, 1.807) is 18.4 Å². The highest BCUT2D eigenvalue weighted by Gasteiger charge is 2.28. The van der Waals surface area contributed by atoms with E-state index in [2.05, 4.69) is 20.9 Å². The molecule has 0 atom stereocenters. The van der Waals surface area contributed by atoms with Crippen LogP contribution in [-0.4, -0.2) is 19.7 Å². The second kappa shape index (κ2) is 6.70. The molecule has 0 aliphatic rings. The van der Waals surface area contributed by atoms with Crippen molar-refractivity contribution in [1.29, 1.82) is 0 Å². The fourth-order valence-corrected chi connectivity index (χ4v) is 4.44. The Bertz CT molecular complexity index is 968. The average Bonchev–Trinajstić information content (AvgIpc) is 3.01. The van der Waals surface area contributed by atoms with Crippen molar-refractivity contribution >= 4 is 37.5 Å². The Morgan fingerprint density at radius 3 is 2.29 bits per heavy atom. The van der Waals surface area contributed by atoms with Gasteiger partial charge in [0, 0.05) is 10.0 Å². The summed E-state index contributed by atoms with van der Waals surface area (Å²) >= 11 is 4.42. The van der Waals surface area contributed by atoms with E-state index in [1.807, 2.05) is 0 Å². The maximum Gasteiger partial charge on any atom is 0.228 e. The lowest BCUT2D eigenvalue weighted by Crippen LogP contribution is -2.03. The molecule has 0 N–H and O–H groups in total. The molecule has 0 bridgehead atoms. The van der Waals surface area contributed by atoms with E-state index < -0.39 is 15.7 Å². The fraction of sp³-hybridized carbons (Fsp3) is 0.0625. The predicted molar refractivity (Wildman–Crippen MR) is 93.3 cm³/mol. The largest absolute Gasteiger partial charge is 0.428 e. The second-order valence-electron chi connectivity index (χ2n) is 4.78. The van der Waals surface area contributed by atoms with E-state index in [9.17, 15) is 12.8 Å². The molecule has 0 aliphatic carbocycles. The molecule has 0 saturated carbocycles. The maximum absolute atomic E-state index is 13.0. The predicted octanol–water partition coefficient (Wildman–Crippen LogP) is 4.80. The summed E-state index contributed by atoms with van der Waals surface area (Å²) in [4.78, 5) is 4.27. The minimum Gasteiger partial charge on any atom is -0.428 e. The van der Waals surface area contributed by atoms with Gasteiger partial charge in [0.25, 0.3) is 0 Å². The minimum atomic E-state index is -3.81. The number of rotatable bonds is 4. The summed E-state index contributed by atoms with van der Waals surface area (Å²) in [6.07, 6.45) is 1.70. The summed E-state index contributed by atoms with van der Waals surface area (Å²) in [7, 11) is -3.81. The molecule has 3 rings (SSSR count). The van der Waals surface area contributed by atoms with Crippen LogP contribution in [0.1, 0.15) is 0 Å². The van der Waals surface area contributed by atoms with Crippen LogP contribution in [0.3, 0.4) is 0 Å². The fourth-order valence-electron chi connectivity index (χ4n) is 2.03. The molecule has 3 aromatic rings. The summed E-state index contributed by atoms with van der Waals surface area (Å²) in [5.74, 6) is -0.256. The Morgan fingerprint density at radius 2 is 1.71 bits per heavy atom. The molecular formula is C16H11BrFNO3S2. The van der Waals surface area contributed by atoms with E-state index in [0.29, 0.717) is 5.56 Å². The molecule has 8 heteroatoms. The number of sulfone groups is 1. The first-order valence-corrected chi connectivity index (χ1v) is 10.2. The molecule has 1 aromatic heterocycles. The van der Waals surface area contributed by atoms with E-state index in [4.69, 9.17) is 4.42 Å². The van der Waals surface area contributed by atoms with Crippen LogP contribution in [0.2, 0.25) is 0 Å². The first-order valence-electron chi connectivity index (χ1n) is 6.73. The topological polar surface area (TPSA) is 60.2 Å². The number of aromatic nitrogens is 1. The van der Waals surface area contributed by atoms with Gasteiger partial charge in [0.2, 0.25) is 25.8 Å². The van der Waals surface area contributed by atoms with Crippen LogP contribution in [0.4, 0.5) is 4.39 Å². The van der Waals surface area contributed by atoms with Crippen LogP contribution in [0.15, 0.2) is 72.4 Å². The zero-order valence-electron chi connectivity index (χ0n) is 12.4. The normalized spacial score (nSPS) is 11.6. The van der Waals surface area contributed by atoms with E-state index >= 15 is 0 Å². The highest BCUT2D eigenvalue weighted by atomic mass is 79.9. The maximum atomic E-state index is 13.0. The first kappa shape index (κ1) is 17.2. The van der Waals surface area contributed by atoms with Crippen LogP contribution >= 0.6 is 27.7 Å². The van der Waals surface area contributed by atoms with Crippen molar-refractivity contribution in [2.75, 3.05) is 6.26 Å². The minimum absolute atomic E-state index is 0.125. The van der Waals surface area contributed by atoms with Gasteiger partial charge in [-0.1, -0.05) is 27.7 Å². The number of benzene rings is 2. The van der Waals surface area contributed by atoms with Gasteiger partial charge in [0.1, 0.15) is 5.82 Å². The lowest BCUT2D eigenvalue weighted by molar-refractivity contribution is 0.471. The molecule has 0 amide bonds. The monoisotopic (exact) mass is 427 g/mol. The molecule has 24 heavy (non-hydrogen) atoms.